The van der Waals surface area contributed by atoms with Gasteiger partial charge in [-0.25, -0.2) is 4.98 Å². The van der Waals surface area contributed by atoms with Crippen molar-refractivity contribution in [2.75, 3.05) is 26.7 Å². The minimum Gasteiger partial charge on any atom is -0.476 e. The molecule has 0 radical (unpaired) electrons. The van der Waals surface area contributed by atoms with Crippen LogP contribution in [0.2, 0.25) is 5.02 Å². The topological polar surface area (TPSA) is 37.4 Å². The first-order chi connectivity index (χ1) is 9.70. The van der Waals surface area contributed by atoms with Gasteiger partial charge in [-0.1, -0.05) is 18.5 Å². The second-order valence-electron chi connectivity index (χ2n) is 5.32. The molecule has 5 heteroatoms. The summed E-state index contributed by atoms with van der Waals surface area (Å²) in [6.07, 6.45) is 3.74. The van der Waals surface area contributed by atoms with Crippen molar-refractivity contribution in [2.24, 2.45) is 0 Å². The summed E-state index contributed by atoms with van der Waals surface area (Å²) >= 11 is 6.14. The zero-order valence-corrected chi connectivity index (χ0v) is 13.1. The van der Waals surface area contributed by atoms with Gasteiger partial charge in [0, 0.05) is 25.2 Å². The number of halogens is 1. The highest BCUT2D eigenvalue weighted by atomic mass is 35.5. The summed E-state index contributed by atoms with van der Waals surface area (Å²) in [5.41, 5.74) is 0.855. The molecule has 0 amide bonds. The van der Waals surface area contributed by atoms with Crippen molar-refractivity contribution in [2.45, 2.75) is 38.8 Å². The van der Waals surface area contributed by atoms with Crippen molar-refractivity contribution in [3.63, 3.8) is 0 Å². The smallest absolute Gasteiger partial charge is 0.213 e. The zero-order chi connectivity index (χ0) is 14.4. The Balaban J connectivity index is 1.79. The second kappa shape index (κ2) is 7.81. The third-order valence-electron chi connectivity index (χ3n) is 3.48. The third kappa shape index (κ3) is 4.93. The van der Waals surface area contributed by atoms with E-state index in [1.165, 1.54) is 12.8 Å². The highest BCUT2D eigenvalue weighted by molar-refractivity contribution is 6.31. The van der Waals surface area contributed by atoms with Crippen LogP contribution in [0.15, 0.2) is 12.1 Å². The standard InChI is InChI=1S/C15H24ClN3O/c1-3-8-17-11-14-13(16)6-7-15(18-14)20-10-9-19(2)12-4-5-12/h6-7,12,17H,3-5,8-11H2,1-2H3. The lowest BCUT2D eigenvalue weighted by Crippen LogP contribution is -2.26. The molecule has 0 spiro atoms. The Bertz CT molecular complexity index is 424. The van der Waals surface area contributed by atoms with Crippen molar-refractivity contribution >= 4 is 11.6 Å². The number of aromatic nitrogens is 1. The van der Waals surface area contributed by atoms with Crippen LogP contribution in [0.25, 0.3) is 0 Å². The molecule has 0 bridgehead atoms. The van der Waals surface area contributed by atoms with Crippen molar-refractivity contribution in [3.8, 4) is 5.88 Å². The number of pyridine rings is 1. The van der Waals surface area contributed by atoms with Crippen LogP contribution >= 0.6 is 11.6 Å². The van der Waals surface area contributed by atoms with Gasteiger partial charge < -0.3 is 15.0 Å². The average molecular weight is 298 g/mol. The maximum absolute atomic E-state index is 6.14. The molecule has 0 atom stereocenters. The van der Waals surface area contributed by atoms with Crippen LogP contribution in [0.5, 0.6) is 5.88 Å². The summed E-state index contributed by atoms with van der Waals surface area (Å²) in [6, 6.07) is 4.46. The average Bonchev–Trinajstić information content (AvgIpc) is 3.26. The molecule has 1 aliphatic rings. The summed E-state index contributed by atoms with van der Waals surface area (Å²) < 4.78 is 5.72. The third-order valence-corrected chi connectivity index (χ3v) is 3.82. The van der Waals surface area contributed by atoms with Gasteiger partial charge in [0.2, 0.25) is 5.88 Å². The molecule has 1 aromatic heterocycles. The molecule has 112 valence electrons. The van der Waals surface area contributed by atoms with Gasteiger partial charge in [0.15, 0.2) is 0 Å². The van der Waals surface area contributed by atoms with Gasteiger partial charge in [0.1, 0.15) is 6.61 Å². The van der Waals surface area contributed by atoms with E-state index >= 15 is 0 Å². The summed E-state index contributed by atoms with van der Waals surface area (Å²) in [5.74, 6) is 0.659. The number of nitrogens with one attached hydrogen (secondary N) is 1. The van der Waals surface area contributed by atoms with Crippen LogP contribution < -0.4 is 10.1 Å². The number of hydrogen-bond acceptors (Lipinski definition) is 4. The van der Waals surface area contributed by atoms with E-state index in [1.807, 2.05) is 12.1 Å². The second-order valence-corrected chi connectivity index (χ2v) is 5.72. The van der Waals surface area contributed by atoms with Gasteiger partial charge in [-0.2, -0.15) is 0 Å². The van der Waals surface area contributed by atoms with Crippen LogP contribution in [-0.2, 0) is 6.54 Å². The molecule has 1 saturated carbocycles. The molecule has 4 nitrogen and oxygen atoms in total. The van der Waals surface area contributed by atoms with Gasteiger partial charge >= 0.3 is 0 Å². The monoisotopic (exact) mass is 297 g/mol. The Labute approximate surface area is 126 Å². The van der Waals surface area contributed by atoms with E-state index in [9.17, 15) is 0 Å². The first-order valence-electron chi connectivity index (χ1n) is 7.40. The molecular formula is C15H24ClN3O. The van der Waals surface area contributed by atoms with E-state index in [0.29, 0.717) is 24.1 Å². The molecule has 1 fully saturated rings. The molecular weight excluding hydrogens is 274 g/mol. The normalized spacial score (nSPS) is 14.8. The zero-order valence-electron chi connectivity index (χ0n) is 12.4. The van der Waals surface area contributed by atoms with Crippen molar-refractivity contribution in [1.82, 2.24) is 15.2 Å². The lowest BCUT2D eigenvalue weighted by Gasteiger charge is -2.16. The minimum atomic E-state index is 0.659. The fourth-order valence-corrected chi connectivity index (χ4v) is 2.22. The van der Waals surface area contributed by atoms with E-state index < -0.39 is 0 Å². The highest BCUT2D eigenvalue weighted by Gasteiger charge is 2.25. The maximum atomic E-state index is 6.14. The number of hydrogen-bond donors (Lipinski definition) is 1. The number of likely N-dealkylation sites (N-methyl/N-ethyl adjacent to an activating group) is 1. The van der Waals surface area contributed by atoms with Crippen LogP contribution in [0.3, 0.4) is 0 Å². The van der Waals surface area contributed by atoms with E-state index in [1.54, 1.807) is 0 Å². The molecule has 0 saturated heterocycles. The predicted octanol–water partition coefficient (Wildman–Crippen LogP) is 2.71. The molecule has 1 N–H and O–H groups in total. The maximum Gasteiger partial charge on any atom is 0.213 e. The fraction of sp³-hybridized carbons (Fsp3) is 0.667. The van der Waals surface area contributed by atoms with Crippen LogP contribution in [-0.4, -0.2) is 42.7 Å². The molecule has 1 heterocycles. The molecule has 0 unspecified atom stereocenters. The van der Waals surface area contributed by atoms with E-state index in [4.69, 9.17) is 16.3 Å². The van der Waals surface area contributed by atoms with Gasteiger partial charge in [-0.3, -0.25) is 0 Å². The fourth-order valence-electron chi connectivity index (χ4n) is 2.04. The summed E-state index contributed by atoms with van der Waals surface area (Å²) in [5, 5.41) is 4.00. The van der Waals surface area contributed by atoms with Gasteiger partial charge in [-0.15, -0.1) is 0 Å². The van der Waals surface area contributed by atoms with E-state index in [0.717, 1.165) is 31.2 Å². The van der Waals surface area contributed by atoms with Gasteiger partial charge in [-0.05, 0) is 38.9 Å². The molecule has 0 aliphatic heterocycles. The molecule has 2 rings (SSSR count). The van der Waals surface area contributed by atoms with E-state index in [2.05, 4.69) is 29.2 Å². The summed E-state index contributed by atoms with van der Waals surface area (Å²) in [7, 11) is 2.15. The Morgan fingerprint density at radius 1 is 1.45 bits per heavy atom. The summed E-state index contributed by atoms with van der Waals surface area (Å²) in [4.78, 5) is 6.81. The first kappa shape index (κ1) is 15.5. The van der Waals surface area contributed by atoms with E-state index in [-0.39, 0.29) is 0 Å². The largest absolute Gasteiger partial charge is 0.476 e. The van der Waals surface area contributed by atoms with Crippen molar-refractivity contribution in [1.29, 1.82) is 0 Å². The van der Waals surface area contributed by atoms with Gasteiger partial charge in [0.05, 0.1) is 10.7 Å². The lowest BCUT2D eigenvalue weighted by molar-refractivity contribution is 0.226. The van der Waals surface area contributed by atoms with Crippen LogP contribution in [0.1, 0.15) is 31.9 Å². The number of rotatable bonds is 9. The highest BCUT2D eigenvalue weighted by Crippen LogP contribution is 2.25. The predicted molar refractivity (Wildman–Crippen MR) is 82.4 cm³/mol. The number of ether oxygens (including phenoxy) is 1. The Kier molecular flexibility index (Phi) is 6.07. The Morgan fingerprint density at radius 3 is 2.95 bits per heavy atom. The number of nitrogens with zero attached hydrogens (tertiary/aromatic N) is 2. The molecule has 1 aromatic rings. The van der Waals surface area contributed by atoms with Crippen LogP contribution in [0, 0.1) is 0 Å². The molecule has 20 heavy (non-hydrogen) atoms. The lowest BCUT2D eigenvalue weighted by atomic mass is 10.3. The van der Waals surface area contributed by atoms with Crippen LogP contribution in [0.4, 0.5) is 0 Å². The first-order valence-corrected chi connectivity index (χ1v) is 7.77. The minimum absolute atomic E-state index is 0.659. The SMILES string of the molecule is CCCNCc1nc(OCCN(C)C2CC2)ccc1Cl. The molecule has 0 aromatic carbocycles. The molecule has 1 aliphatic carbocycles. The Hall–Kier alpha value is -0.840. The quantitative estimate of drug-likeness (QED) is 0.711. The Morgan fingerprint density at radius 2 is 2.25 bits per heavy atom. The van der Waals surface area contributed by atoms with Gasteiger partial charge in [0.25, 0.3) is 0 Å². The van der Waals surface area contributed by atoms with Crippen molar-refractivity contribution < 1.29 is 4.74 Å². The summed E-state index contributed by atoms with van der Waals surface area (Å²) in [6.45, 7) is 5.40. The van der Waals surface area contributed by atoms with Crippen molar-refractivity contribution in [3.05, 3.63) is 22.8 Å².